The van der Waals surface area contributed by atoms with Gasteiger partial charge in [0.05, 0.1) is 5.41 Å². The normalized spacial score (nSPS) is 26.8. The molecular formula is C19H25FN2O2. The van der Waals surface area contributed by atoms with E-state index in [1.54, 1.807) is 6.07 Å². The average Bonchev–Trinajstić information content (AvgIpc) is 2.85. The van der Waals surface area contributed by atoms with Crippen LogP contribution in [0, 0.1) is 11.2 Å². The minimum Gasteiger partial charge on any atom is -0.349 e. The molecule has 24 heavy (non-hydrogen) atoms. The lowest BCUT2D eigenvalue weighted by molar-refractivity contribution is -0.138. The number of rotatable bonds is 4. The smallest absolute Gasteiger partial charge is 0.251 e. The fourth-order valence-corrected chi connectivity index (χ4v) is 4.18. The summed E-state index contributed by atoms with van der Waals surface area (Å²) in [5.41, 5.74) is 0.0350. The Labute approximate surface area is 142 Å². The molecule has 1 saturated carbocycles. The van der Waals surface area contributed by atoms with E-state index in [9.17, 15) is 14.0 Å². The van der Waals surface area contributed by atoms with Crippen LogP contribution in [0.25, 0.3) is 0 Å². The van der Waals surface area contributed by atoms with E-state index in [-0.39, 0.29) is 23.3 Å². The van der Waals surface area contributed by atoms with Crippen LogP contribution >= 0.6 is 0 Å². The van der Waals surface area contributed by atoms with Gasteiger partial charge >= 0.3 is 0 Å². The maximum Gasteiger partial charge on any atom is 0.251 e. The van der Waals surface area contributed by atoms with Gasteiger partial charge in [-0.2, -0.15) is 0 Å². The summed E-state index contributed by atoms with van der Waals surface area (Å²) in [5.74, 6) is -0.412. The van der Waals surface area contributed by atoms with Crippen molar-refractivity contribution in [2.45, 2.75) is 51.5 Å². The molecule has 2 atom stereocenters. The van der Waals surface area contributed by atoms with Crippen molar-refractivity contribution < 1.29 is 14.0 Å². The molecular weight excluding hydrogens is 307 g/mol. The number of carbonyl (C=O) groups excluding carboxylic acids is 2. The number of amides is 2. The molecule has 0 aromatic heterocycles. The van der Waals surface area contributed by atoms with E-state index in [4.69, 9.17) is 0 Å². The number of benzene rings is 1. The van der Waals surface area contributed by atoms with Gasteiger partial charge in [0.1, 0.15) is 5.82 Å². The zero-order valence-corrected chi connectivity index (χ0v) is 14.2. The van der Waals surface area contributed by atoms with Crippen LogP contribution in [0.3, 0.4) is 0 Å². The summed E-state index contributed by atoms with van der Waals surface area (Å²) in [6, 6.07) is 5.71. The van der Waals surface area contributed by atoms with Crippen molar-refractivity contribution in [2.24, 2.45) is 5.41 Å². The van der Waals surface area contributed by atoms with Crippen molar-refractivity contribution in [1.29, 1.82) is 0 Å². The van der Waals surface area contributed by atoms with E-state index in [0.717, 1.165) is 45.2 Å². The van der Waals surface area contributed by atoms with Gasteiger partial charge in [0, 0.05) is 24.7 Å². The molecule has 130 valence electrons. The monoisotopic (exact) mass is 332 g/mol. The second-order valence-electron chi connectivity index (χ2n) is 7.10. The van der Waals surface area contributed by atoms with E-state index >= 15 is 0 Å². The quantitative estimate of drug-likeness (QED) is 0.921. The Hall–Kier alpha value is -1.91. The van der Waals surface area contributed by atoms with Gasteiger partial charge in [-0.15, -0.1) is 0 Å². The van der Waals surface area contributed by atoms with E-state index in [1.165, 1.54) is 18.2 Å². The predicted molar refractivity (Wildman–Crippen MR) is 90.0 cm³/mol. The minimum atomic E-state index is -0.413. The standard InChI is InChI=1S/C19H25FN2O2/c1-2-10-22-11-9-19(18(22)24)8-4-7-16(13-19)21-17(23)14-5-3-6-15(20)12-14/h3,5-6,12,16H,2,4,7-11,13H2,1H3,(H,21,23)/t16-,19-/m0/s1. The molecule has 1 aliphatic heterocycles. The van der Waals surface area contributed by atoms with Gasteiger partial charge in [-0.3, -0.25) is 9.59 Å². The Morgan fingerprint density at radius 3 is 3.00 bits per heavy atom. The first-order valence-electron chi connectivity index (χ1n) is 8.90. The molecule has 1 aromatic rings. The molecule has 1 aliphatic carbocycles. The molecule has 1 heterocycles. The lowest BCUT2D eigenvalue weighted by atomic mass is 9.71. The Balaban J connectivity index is 1.66. The van der Waals surface area contributed by atoms with Gasteiger partial charge in [0.25, 0.3) is 5.91 Å². The number of halogens is 1. The van der Waals surface area contributed by atoms with Crippen molar-refractivity contribution in [3.63, 3.8) is 0 Å². The Bertz CT molecular complexity index is 634. The van der Waals surface area contributed by atoms with Gasteiger partial charge in [-0.1, -0.05) is 19.4 Å². The van der Waals surface area contributed by atoms with E-state index in [1.807, 2.05) is 4.90 Å². The summed E-state index contributed by atoms with van der Waals surface area (Å²) in [6.07, 6.45) is 5.30. The summed E-state index contributed by atoms with van der Waals surface area (Å²) >= 11 is 0. The molecule has 0 unspecified atom stereocenters. The fraction of sp³-hybridized carbons (Fsp3) is 0.579. The summed E-state index contributed by atoms with van der Waals surface area (Å²) < 4.78 is 13.3. The topological polar surface area (TPSA) is 49.4 Å². The van der Waals surface area contributed by atoms with Crippen LogP contribution in [0.1, 0.15) is 55.8 Å². The minimum absolute atomic E-state index is 0.0138. The van der Waals surface area contributed by atoms with Crippen LogP contribution in [0.2, 0.25) is 0 Å². The molecule has 2 aliphatic rings. The molecule has 1 aromatic carbocycles. The zero-order chi connectivity index (χ0) is 17.2. The van der Waals surface area contributed by atoms with Crippen LogP contribution in [-0.2, 0) is 4.79 Å². The summed E-state index contributed by atoms with van der Waals surface area (Å²) in [7, 11) is 0. The predicted octanol–water partition coefficient (Wildman–Crippen LogP) is 3.13. The number of hydrogen-bond acceptors (Lipinski definition) is 2. The second kappa shape index (κ2) is 6.91. The Morgan fingerprint density at radius 2 is 2.25 bits per heavy atom. The molecule has 1 N–H and O–H groups in total. The van der Waals surface area contributed by atoms with Gasteiger partial charge in [-0.05, 0) is 50.3 Å². The number of carbonyl (C=O) groups is 2. The highest BCUT2D eigenvalue weighted by Crippen LogP contribution is 2.44. The second-order valence-corrected chi connectivity index (χ2v) is 7.10. The van der Waals surface area contributed by atoms with E-state index < -0.39 is 5.82 Å². The molecule has 2 amide bonds. The van der Waals surface area contributed by atoms with Gasteiger partial charge in [-0.25, -0.2) is 4.39 Å². The van der Waals surface area contributed by atoms with Crippen LogP contribution in [0.15, 0.2) is 24.3 Å². The summed E-state index contributed by atoms with van der Waals surface area (Å²) in [6.45, 7) is 3.74. The SMILES string of the molecule is CCCN1CC[C@]2(CCC[C@H](NC(=O)c3cccc(F)c3)C2)C1=O. The first kappa shape index (κ1) is 16.9. The van der Waals surface area contributed by atoms with Crippen LogP contribution in [-0.4, -0.2) is 35.8 Å². The van der Waals surface area contributed by atoms with Gasteiger partial charge < -0.3 is 10.2 Å². The third kappa shape index (κ3) is 3.30. The Morgan fingerprint density at radius 1 is 1.42 bits per heavy atom. The number of hydrogen-bond donors (Lipinski definition) is 1. The highest BCUT2D eigenvalue weighted by Gasteiger charge is 2.48. The van der Waals surface area contributed by atoms with Crippen molar-refractivity contribution in [2.75, 3.05) is 13.1 Å². The molecule has 1 saturated heterocycles. The first-order chi connectivity index (χ1) is 11.5. The zero-order valence-electron chi connectivity index (χ0n) is 14.2. The van der Waals surface area contributed by atoms with Gasteiger partial charge in [0.15, 0.2) is 0 Å². The molecule has 2 fully saturated rings. The maximum absolute atomic E-state index is 13.3. The number of nitrogens with one attached hydrogen (secondary N) is 1. The fourth-order valence-electron chi connectivity index (χ4n) is 4.18. The van der Waals surface area contributed by atoms with Crippen LogP contribution in [0.4, 0.5) is 4.39 Å². The van der Waals surface area contributed by atoms with E-state index in [2.05, 4.69) is 12.2 Å². The molecule has 0 bridgehead atoms. The van der Waals surface area contributed by atoms with E-state index in [0.29, 0.717) is 12.0 Å². The lowest BCUT2D eigenvalue weighted by Crippen LogP contribution is -2.46. The third-order valence-electron chi connectivity index (χ3n) is 5.36. The van der Waals surface area contributed by atoms with Crippen LogP contribution in [0.5, 0.6) is 0 Å². The summed E-state index contributed by atoms with van der Waals surface area (Å²) in [4.78, 5) is 27.1. The molecule has 0 radical (unpaired) electrons. The maximum atomic E-state index is 13.3. The molecule has 3 rings (SSSR count). The van der Waals surface area contributed by atoms with Crippen molar-refractivity contribution in [1.82, 2.24) is 10.2 Å². The number of likely N-dealkylation sites (tertiary alicyclic amines) is 1. The molecule has 1 spiro atoms. The van der Waals surface area contributed by atoms with Crippen LogP contribution < -0.4 is 5.32 Å². The highest BCUT2D eigenvalue weighted by atomic mass is 19.1. The van der Waals surface area contributed by atoms with Crippen molar-refractivity contribution in [3.05, 3.63) is 35.6 Å². The molecule has 4 nitrogen and oxygen atoms in total. The van der Waals surface area contributed by atoms with Crippen molar-refractivity contribution in [3.8, 4) is 0 Å². The van der Waals surface area contributed by atoms with Crippen molar-refractivity contribution >= 4 is 11.8 Å². The van der Waals surface area contributed by atoms with Gasteiger partial charge in [0.2, 0.25) is 5.91 Å². The lowest BCUT2D eigenvalue weighted by Gasteiger charge is -2.37. The average molecular weight is 332 g/mol. The molecule has 5 heteroatoms. The Kier molecular flexibility index (Phi) is 4.88. The third-order valence-corrected chi connectivity index (χ3v) is 5.36. The summed E-state index contributed by atoms with van der Waals surface area (Å²) in [5, 5.41) is 3.00. The largest absolute Gasteiger partial charge is 0.349 e. The first-order valence-corrected chi connectivity index (χ1v) is 8.90. The highest BCUT2D eigenvalue weighted by molar-refractivity contribution is 5.94. The number of nitrogens with zero attached hydrogens (tertiary/aromatic N) is 1.